The van der Waals surface area contributed by atoms with Crippen molar-refractivity contribution >= 4 is 32.6 Å². The van der Waals surface area contributed by atoms with E-state index in [2.05, 4.69) is 9.71 Å². The molecule has 0 amide bonds. The van der Waals surface area contributed by atoms with Gasteiger partial charge in [-0.25, -0.2) is 13.2 Å². The number of sulfonamides is 1. The van der Waals surface area contributed by atoms with Gasteiger partial charge in [0, 0.05) is 22.7 Å². The fraction of sp³-hybridized carbons (Fsp3) is 0.158. The lowest BCUT2D eigenvalue weighted by Crippen LogP contribution is -2.14. The summed E-state index contributed by atoms with van der Waals surface area (Å²) in [6.45, 7) is 3.66. The number of aryl methyl sites for hydroxylation is 1. The second-order valence-electron chi connectivity index (χ2n) is 5.93. The van der Waals surface area contributed by atoms with Gasteiger partial charge in [0.05, 0.1) is 17.1 Å². The van der Waals surface area contributed by atoms with Crippen molar-refractivity contribution in [2.75, 3.05) is 11.3 Å². The van der Waals surface area contributed by atoms with E-state index < -0.39 is 16.0 Å². The van der Waals surface area contributed by atoms with Gasteiger partial charge in [0.15, 0.2) is 0 Å². The van der Waals surface area contributed by atoms with E-state index in [1.807, 2.05) is 0 Å². The summed E-state index contributed by atoms with van der Waals surface area (Å²) in [5, 5.41) is 0.637. The maximum atomic E-state index is 12.7. The van der Waals surface area contributed by atoms with Gasteiger partial charge in [-0.05, 0) is 55.8 Å². The number of aromatic nitrogens is 1. The molecule has 0 radical (unpaired) electrons. The molecule has 3 rings (SSSR count). The largest absolute Gasteiger partial charge is 0.462 e. The van der Waals surface area contributed by atoms with Crippen LogP contribution in [0.5, 0.6) is 0 Å². The molecule has 140 valence electrons. The predicted molar refractivity (Wildman–Crippen MR) is 103 cm³/mol. The Labute approximate surface area is 156 Å². The monoisotopic (exact) mass is 386 g/mol. The van der Waals surface area contributed by atoms with Crippen LogP contribution in [0.2, 0.25) is 0 Å². The number of esters is 1. The number of aromatic amines is 1. The van der Waals surface area contributed by atoms with Crippen LogP contribution in [0.15, 0.2) is 58.2 Å². The van der Waals surface area contributed by atoms with E-state index in [-0.39, 0.29) is 28.3 Å². The summed E-state index contributed by atoms with van der Waals surface area (Å²) in [4.78, 5) is 26.1. The Morgan fingerprint density at radius 3 is 2.67 bits per heavy atom. The number of nitrogens with one attached hydrogen (secondary N) is 2. The summed E-state index contributed by atoms with van der Waals surface area (Å²) in [6, 6.07) is 11.9. The molecule has 0 atom stereocenters. The van der Waals surface area contributed by atoms with Gasteiger partial charge in [0.2, 0.25) is 5.56 Å². The van der Waals surface area contributed by atoms with E-state index in [1.54, 1.807) is 38.1 Å². The minimum absolute atomic E-state index is 0.0479. The van der Waals surface area contributed by atoms with Crippen molar-refractivity contribution in [3.63, 3.8) is 0 Å². The van der Waals surface area contributed by atoms with Crippen LogP contribution in [0.25, 0.3) is 10.9 Å². The topological polar surface area (TPSA) is 105 Å². The van der Waals surface area contributed by atoms with Crippen molar-refractivity contribution in [3.8, 4) is 0 Å². The van der Waals surface area contributed by atoms with Gasteiger partial charge >= 0.3 is 5.97 Å². The van der Waals surface area contributed by atoms with Gasteiger partial charge in [-0.1, -0.05) is 6.07 Å². The van der Waals surface area contributed by atoms with Gasteiger partial charge in [0.25, 0.3) is 10.0 Å². The Bertz CT molecular complexity index is 1180. The molecule has 0 saturated carbocycles. The molecule has 2 aromatic carbocycles. The molecule has 8 heteroatoms. The number of benzene rings is 2. The lowest BCUT2D eigenvalue weighted by atomic mass is 10.1. The normalized spacial score (nSPS) is 11.3. The zero-order valence-electron chi connectivity index (χ0n) is 14.8. The molecule has 0 spiro atoms. The Hall–Kier alpha value is -3.13. The number of hydrogen-bond donors (Lipinski definition) is 2. The highest BCUT2D eigenvalue weighted by Gasteiger charge is 2.17. The average molecular weight is 386 g/mol. The Morgan fingerprint density at radius 1 is 1.15 bits per heavy atom. The molecule has 2 N–H and O–H groups in total. The first-order chi connectivity index (χ1) is 12.8. The van der Waals surface area contributed by atoms with Gasteiger partial charge in [-0.15, -0.1) is 0 Å². The van der Waals surface area contributed by atoms with Crippen molar-refractivity contribution in [2.45, 2.75) is 18.7 Å². The second kappa shape index (κ2) is 7.24. The van der Waals surface area contributed by atoms with E-state index in [9.17, 15) is 18.0 Å². The van der Waals surface area contributed by atoms with Gasteiger partial charge in [-0.2, -0.15) is 0 Å². The number of rotatable bonds is 5. The molecular weight excluding hydrogens is 368 g/mol. The number of anilines is 1. The number of carbonyl (C=O) groups is 1. The first-order valence-electron chi connectivity index (χ1n) is 8.24. The molecule has 0 bridgehead atoms. The predicted octanol–water partition coefficient (Wildman–Crippen LogP) is 2.81. The Balaban J connectivity index is 1.96. The number of carbonyl (C=O) groups excluding carboxylic acids is 1. The summed E-state index contributed by atoms with van der Waals surface area (Å²) in [6.07, 6.45) is 0. The third kappa shape index (κ3) is 4.01. The maximum Gasteiger partial charge on any atom is 0.338 e. The van der Waals surface area contributed by atoms with E-state index in [0.717, 1.165) is 0 Å². The molecule has 0 aliphatic heterocycles. The van der Waals surface area contributed by atoms with Crippen molar-refractivity contribution in [1.82, 2.24) is 4.98 Å². The molecular formula is C19H18N2O5S. The van der Waals surface area contributed by atoms with Crippen LogP contribution in [-0.2, 0) is 14.8 Å². The zero-order chi connectivity index (χ0) is 19.6. The number of pyridine rings is 1. The van der Waals surface area contributed by atoms with Gasteiger partial charge in [-0.3, -0.25) is 9.52 Å². The Morgan fingerprint density at radius 2 is 1.93 bits per heavy atom. The zero-order valence-corrected chi connectivity index (χ0v) is 15.6. The summed E-state index contributed by atoms with van der Waals surface area (Å²) in [5.41, 5.74) is 1.49. The molecule has 0 aliphatic carbocycles. The summed E-state index contributed by atoms with van der Waals surface area (Å²) < 4.78 is 32.8. The molecule has 0 unspecified atom stereocenters. The van der Waals surface area contributed by atoms with E-state index in [4.69, 9.17) is 4.74 Å². The van der Waals surface area contributed by atoms with Crippen molar-refractivity contribution in [1.29, 1.82) is 0 Å². The molecule has 1 aromatic heterocycles. The van der Waals surface area contributed by atoms with Crippen LogP contribution in [0, 0.1) is 6.92 Å². The SMILES string of the molecule is CCOC(=O)c1cccc(NS(=O)(=O)c2ccc3[nH]c(=O)cc(C)c3c2)c1. The first-order valence-corrected chi connectivity index (χ1v) is 9.72. The molecule has 1 heterocycles. The number of fused-ring (bicyclic) bond motifs is 1. The fourth-order valence-electron chi connectivity index (χ4n) is 2.71. The minimum atomic E-state index is -3.88. The van der Waals surface area contributed by atoms with Gasteiger partial charge < -0.3 is 9.72 Å². The second-order valence-corrected chi connectivity index (χ2v) is 7.61. The number of hydrogen-bond acceptors (Lipinski definition) is 5. The van der Waals surface area contributed by atoms with Gasteiger partial charge in [0.1, 0.15) is 0 Å². The number of H-pyrrole nitrogens is 1. The van der Waals surface area contributed by atoms with E-state index in [1.165, 1.54) is 24.3 Å². The maximum absolute atomic E-state index is 12.7. The van der Waals surface area contributed by atoms with Crippen LogP contribution in [0.4, 0.5) is 5.69 Å². The summed E-state index contributed by atoms with van der Waals surface area (Å²) in [7, 11) is -3.88. The molecule has 27 heavy (non-hydrogen) atoms. The molecule has 7 nitrogen and oxygen atoms in total. The minimum Gasteiger partial charge on any atom is -0.462 e. The fourth-order valence-corrected chi connectivity index (χ4v) is 3.78. The van der Waals surface area contributed by atoms with Crippen molar-refractivity contribution < 1.29 is 17.9 Å². The molecule has 0 saturated heterocycles. The van der Waals surface area contributed by atoms with Crippen LogP contribution in [0.1, 0.15) is 22.8 Å². The molecule has 0 aliphatic rings. The summed E-state index contributed by atoms with van der Waals surface area (Å²) in [5.74, 6) is -0.524. The highest BCUT2D eigenvalue weighted by atomic mass is 32.2. The van der Waals surface area contributed by atoms with Crippen molar-refractivity contribution in [3.05, 3.63) is 70.0 Å². The van der Waals surface area contributed by atoms with Crippen LogP contribution < -0.4 is 10.3 Å². The quantitative estimate of drug-likeness (QED) is 0.656. The third-order valence-electron chi connectivity index (χ3n) is 3.96. The first kappa shape index (κ1) is 18.7. The molecule has 3 aromatic rings. The Kier molecular flexibility index (Phi) is 5.00. The van der Waals surface area contributed by atoms with Crippen molar-refractivity contribution in [2.24, 2.45) is 0 Å². The van der Waals surface area contributed by atoms with Crippen LogP contribution in [-0.4, -0.2) is 26.0 Å². The lowest BCUT2D eigenvalue weighted by Gasteiger charge is -2.11. The summed E-state index contributed by atoms with van der Waals surface area (Å²) >= 11 is 0. The lowest BCUT2D eigenvalue weighted by molar-refractivity contribution is 0.0526. The smallest absolute Gasteiger partial charge is 0.338 e. The number of ether oxygens (including phenoxy) is 1. The van der Waals surface area contributed by atoms with Crippen LogP contribution in [0.3, 0.4) is 0 Å². The highest BCUT2D eigenvalue weighted by Crippen LogP contribution is 2.22. The van der Waals surface area contributed by atoms with E-state index in [0.29, 0.717) is 16.5 Å². The molecule has 0 fully saturated rings. The van der Waals surface area contributed by atoms with E-state index >= 15 is 0 Å². The highest BCUT2D eigenvalue weighted by molar-refractivity contribution is 7.92. The standard InChI is InChI=1S/C19H18N2O5S/c1-3-26-19(23)13-5-4-6-14(10-13)21-27(24,25)15-7-8-17-16(11-15)12(2)9-18(22)20-17/h4-11,21H,3H2,1-2H3,(H,20,22). The average Bonchev–Trinajstić information content (AvgIpc) is 2.61. The van der Waals surface area contributed by atoms with Crippen LogP contribution >= 0.6 is 0 Å². The third-order valence-corrected chi connectivity index (χ3v) is 5.34.